The fourth-order valence-electron chi connectivity index (χ4n) is 4.00. The number of alkyl halides is 1. The molecule has 0 N–H and O–H groups in total. The van der Waals surface area contributed by atoms with Gasteiger partial charge in [-0.1, -0.05) is 78.5 Å². The number of carbonyl (C=O) groups excluding carboxylic acids is 3. The molecule has 0 spiro atoms. The number of rotatable bonds is 10. The maximum absolute atomic E-state index is 13.2. The lowest BCUT2D eigenvalue weighted by molar-refractivity contribution is -0.232. The second-order valence-corrected chi connectivity index (χ2v) is 9.90. The van der Waals surface area contributed by atoms with Gasteiger partial charge in [0.15, 0.2) is 18.3 Å². The summed E-state index contributed by atoms with van der Waals surface area (Å²) in [5.74, 6) is -2.67. The first-order valence-electron chi connectivity index (χ1n) is 12.1. The van der Waals surface area contributed by atoms with Gasteiger partial charge in [-0.3, -0.25) is 4.79 Å². The minimum atomic E-state index is -1.36. The fourth-order valence-corrected chi connectivity index (χ4v) is 5.17. The molecule has 10 heteroatoms. The number of ether oxygens (including phenoxy) is 5. The van der Waals surface area contributed by atoms with Crippen LogP contribution >= 0.6 is 23.4 Å². The quantitative estimate of drug-likeness (QED) is 0.196. The maximum Gasteiger partial charge on any atom is 0.339 e. The van der Waals surface area contributed by atoms with Gasteiger partial charge in [0.25, 0.3) is 0 Å². The summed E-state index contributed by atoms with van der Waals surface area (Å²) in [4.78, 5) is 39.2. The summed E-state index contributed by atoms with van der Waals surface area (Å²) < 4.78 is 28.9. The normalized spacial score (nSPS) is 22.5. The van der Waals surface area contributed by atoms with Crippen molar-refractivity contribution in [2.45, 2.75) is 41.4 Å². The molecule has 1 saturated heterocycles. The highest BCUT2D eigenvalue weighted by Gasteiger charge is 2.54. The number of benzene rings is 3. The van der Waals surface area contributed by atoms with Crippen molar-refractivity contribution in [3.63, 3.8) is 0 Å². The Balaban J connectivity index is 1.74. The van der Waals surface area contributed by atoms with Crippen molar-refractivity contribution in [2.75, 3.05) is 13.0 Å². The third-order valence-corrected chi connectivity index (χ3v) is 7.21. The van der Waals surface area contributed by atoms with Crippen LogP contribution in [-0.2, 0) is 39.9 Å². The molecule has 5 atom stereocenters. The average molecular weight is 571 g/mol. The van der Waals surface area contributed by atoms with Crippen molar-refractivity contribution in [1.82, 2.24) is 0 Å². The zero-order chi connectivity index (χ0) is 27.6. The summed E-state index contributed by atoms with van der Waals surface area (Å²) in [7, 11) is 1.20. The van der Waals surface area contributed by atoms with Crippen molar-refractivity contribution >= 4 is 41.3 Å². The van der Waals surface area contributed by atoms with Crippen LogP contribution in [0, 0.1) is 0 Å². The van der Waals surface area contributed by atoms with E-state index >= 15 is 0 Å². The average Bonchev–Trinajstić information content (AvgIpc) is 2.98. The van der Waals surface area contributed by atoms with Gasteiger partial charge in [0.2, 0.25) is 0 Å². The van der Waals surface area contributed by atoms with Gasteiger partial charge in [-0.2, -0.15) is 0 Å². The predicted molar refractivity (Wildman–Crippen MR) is 144 cm³/mol. The molecular formula is C29H27ClO8S. The first-order valence-corrected chi connectivity index (χ1v) is 13.5. The Hall–Kier alpha value is -3.37. The minimum Gasteiger partial charge on any atom is -0.467 e. The molecule has 3 aromatic rings. The number of halogens is 1. The summed E-state index contributed by atoms with van der Waals surface area (Å²) in [6.07, 6.45) is -4.88. The summed E-state index contributed by atoms with van der Waals surface area (Å²) in [5, 5.41) is 0. The molecule has 0 aromatic heterocycles. The predicted octanol–water partition coefficient (Wildman–Crippen LogP) is 4.64. The molecule has 0 unspecified atom stereocenters. The van der Waals surface area contributed by atoms with E-state index in [1.165, 1.54) is 18.9 Å². The molecule has 4 rings (SSSR count). The van der Waals surface area contributed by atoms with Gasteiger partial charge in [-0.25, -0.2) is 9.59 Å². The van der Waals surface area contributed by atoms with Crippen LogP contribution < -0.4 is 0 Å². The van der Waals surface area contributed by atoms with Crippen molar-refractivity contribution in [3.05, 3.63) is 102 Å². The topological polar surface area (TPSA) is 97.4 Å². The molecule has 1 aliphatic heterocycles. The van der Waals surface area contributed by atoms with Gasteiger partial charge in [-0.05, 0) is 29.8 Å². The Labute approximate surface area is 235 Å². The Morgan fingerprint density at radius 1 is 0.821 bits per heavy atom. The first-order chi connectivity index (χ1) is 19.0. The van der Waals surface area contributed by atoms with Crippen molar-refractivity contribution in [3.8, 4) is 0 Å². The smallest absolute Gasteiger partial charge is 0.339 e. The lowest BCUT2D eigenvalue weighted by Crippen LogP contribution is -2.62. The molecule has 0 bridgehead atoms. The van der Waals surface area contributed by atoms with Crippen LogP contribution in [0.15, 0.2) is 95.9 Å². The monoisotopic (exact) mass is 570 g/mol. The zero-order valence-electron chi connectivity index (χ0n) is 21.0. The number of carbonyl (C=O) groups is 3. The first kappa shape index (κ1) is 28.6. The Bertz CT molecular complexity index is 1230. The second-order valence-electron chi connectivity index (χ2n) is 8.46. The molecule has 0 aliphatic carbocycles. The standard InChI is InChI=1S/C29H27ClO8S/c1-34-28(33)25-24(36-22(31)17-30)23(35-18-19-11-5-2-6-12-19)26(37-27(32)20-13-7-3-8-14-20)29(38-25)39-21-15-9-4-10-16-21/h2-16,23-26,29H,17-18H2,1H3/t23-,24-,25+,26+,29-/m0/s1. The Kier molecular flexibility index (Phi) is 10.4. The van der Waals surface area contributed by atoms with E-state index in [9.17, 15) is 14.4 Å². The van der Waals surface area contributed by atoms with Crippen LogP contribution in [0.1, 0.15) is 15.9 Å². The van der Waals surface area contributed by atoms with E-state index in [4.69, 9.17) is 35.3 Å². The third kappa shape index (κ3) is 7.60. The largest absolute Gasteiger partial charge is 0.467 e. The maximum atomic E-state index is 13.2. The van der Waals surface area contributed by atoms with Crippen molar-refractivity contribution in [2.24, 2.45) is 0 Å². The molecule has 8 nitrogen and oxygen atoms in total. The van der Waals surface area contributed by atoms with E-state index in [0.717, 1.165) is 10.5 Å². The van der Waals surface area contributed by atoms with E-state index in [2.05, 4.69) is 0 Å². The van der Waals surface area contributed by atoms with Crippen LogP contribution in [0.2, 0.25) is 0 Å². The molecular weight excluding hydrogens is 544 g/mol. The van der Waals surface area contributed by atoms with Gasteiger partial charge in [0.05, 0.1) is 19.3 Å². The van der Waals surface area contributed by atoms with E-state index in [-0.39, 0.29) is 6.61 Å². The molecule has 1 aliphatic rings. The molecule has 1 fully saturated rings. The fraction of sp³-hybridized carbons (Fsp3) is 0.276. The molecule has 0 saturated carbocycles. The highest BCUT2D eigenvalue weighted by Crippen LogP contribution is 2.38. The van der Waals surface area contributed by atoms with Crippen LogP contribution in [0.3, 0.4) is 0 Å². The minimum absolute atomic E-state index is 0.0798. The van der Waals surface area contributed by atoms with Gasteiger partial charge in [0.1, 0.15) is 17.4 Å². The van der Waals surface area contributed by atoms with Crippen molar-refractivity contribution in [1.29, 1.82) is 0 Å². The summed E-state index contributed by atoms with van der Waals surface area (Å²) in [6.45, 7) is 0.0798. The molecule has 0 amide bonds. The van der Waals surface area contributed by atoms with E-state index < -0.39 is 53.6 Å². The molecule has 204 valence electrons. The number of hydrogen-bond acceptors (Lipinski definition) is 9. The summed E-state index contributed by atoms with van der Waals surface area (Å²) >= 11 is 6.97. The lowest BCUT2D eigenvalue weighted by Gasteiger charge is -2.44. The molecule has 39 heavy (non-hydrogen) atoms. The SMILES string of the molecule is COC(=O)[C@@H]1O[C@@H](Sc2ccccc2)[C@H](OC(=O)c2ccccc2)[C@@H](OCc2ccccc2)[C@@H]1OC(=O)CCl. The van der Waals surface area contributed by atoms with Gasteiger partial charge in [0, 0.05) is 4.90 Å². The Morgan fingerprint density at radius 3 is 2.05 bits per heavy atom. The summed E-state index contributed by atoms with van der Waals surface area (Å²) in [5.41, 5.74) is 0.212. The van der Waals surface area contributed by atoms with Crippen LogP contribution in [0.5, 0.6) is 0 Å². The van der Waals surface area contributed by atoms with E-state index in [0.29, 0.717) is 5.56 Å². The highest BCUT2D eigenvalue weighted by molar-refractivity contribution is 7.99. The summed E-state index contributed by atoms with van der Waals surface area (Å²) in [6, 6.07) is 27.0. The van der Waals surface area contributed by atoms with Crippen LogP contribution in [0.25, 0.3) is 0 Å². The van der Waals surface area contributed by atoms with Crippen molar-refractivity contribution < 1.29 is 38.1 Å². The number of methoxy groups -OCH3 is 1. The molecule has 3 aromatic carbocycles. The van der Waals surface area contributed by atoms with Crippen LogP contribution in [-0.4, -0.2) is 60.7 Å². The number of thioether (sulfide) groups is 1. The van der Waals surface area contributed by atoms with Gasteiger partial charge >= 0.3 is 17.9 Å². The zero-order valence-corrected chi connectivity index (χ0v) is 22.6. The molecule has 0 radical (unpaired) electrons. The van der Waals surface area contributed by atoms with E-state index in [1.807, 2.05) is 60.7 Å². The molecule has 1 heterocycles. The number of hydrogen-bond donors (Lipinski definition) is 0. The second kappa shape index (κ2) is 14.1. The van der Waals surface area contributed by atoms with Gasteiger partial charge < -0.3 is 23.7 Å². The van der Waals surface area contributed by atoms with Gasteiger partial charge in [-0.15, -0.1) is 11.6 Å². The highest BCUT2D eigenvalue weighted by atomic mass is 35.5. The van der Waals surface area contributed by atoms with E-state index in [1.54, 1.807) is 30.3 Å². The Morgan fingerprint density at radius 2 is 1.44 bits per heavy atom. The lowest BCUT2D eigenvalue weighted by atomic mass is 9.98. The van der Waals surface area contributed by atoms with Crippen LogP contribution in [0.4, 0.5) is 0 Å². The third-order valence-electron chi connectivity index (χ3n) is 5.84. The number of esters is 3.